The van der Waals surface area contributed by atoms with Crippen molar-refractivity contribution < 1.29 is 38.1 Å². The summed E-state index contributed by atoms with van der Waals surface area (Å²) in [6.45, 7) is 3.32. The maximum absolute atomic E-state index is 14.1. The summed E-state index contributed by atoms with van der Waals surface area (Å²) < 4.78 is 52.4. The smallest absolute Gasteiger partial charge is 0.391 e. The molecule has 0 bridgehead atoms. The average Bonchev–Trinajstić information content (AvgIpc) is 3.51. The van der Waals surface area contributed by atoms with Gasteiger partial charge in [-0.3, -0.25) is 4.79 Å². The third-order valence-corrected chi connectivity index (χ3v) is 8.65. The summed E-state index contributed by atoms with van der Waals surface area (Å²) >= 11 is 0. The van der Waals surface area contributed by atoms with Gasteiger partial charge < -0.3 is 25.0 Å². The quantitative estimate of drug-likeness (QED) is 0.669. The molecule has 1 amide bonds. The van der Waals surface area contributed by atoms with Crippen LogP contribution in [-0.4, -0.2) is 56.0 Å². The molecule has 0 saturated carbocycles. The number of nitrogens with two attached hydrogens (primary N) is 2. The van der Waals surface area contributed by atoms with Gasteiger partial charge in [-0.2, -0.15) is 13.2 Å². The van der Waals surface area contributed by atoms with Crippen LogP contribution < -0.4 is 20.1 Å². The number of rotatable bonds is 3. The monoisotopic (exact) mass is 503 g/mol. The number of halogens is 3. The SMILES string of the molecule is O=C([C@@H]1C[NH2+]C[C@]12C[NH2+]Cc1c2ccc2c1OCO2)N1CC[C@@H](c2ccccc2)C[C@H]1CC(F)(F)F. The Morgan fingerprint density at radius 2 is 1.89 bits per heavy atom. The van der Waals surface area contributed by atoms with Gasteiger partial charge in [-0.15, -0.1) is 0 Å². The fourth-order valence-electron chi connectivity index (χ4n) is 7.05. The molecular weight excluding hydrogens is 471 g/mol. The first-order valence-electron chi connectivity index (χ1n) is 12.8. The molecule has 2 aromatic carbocycles. The summed E-state index contributed by atoms with van der Waals surface area (Å²) in [7, 11) is 0. The van der Waals surface area contributed by atoms with E-state index in [1.807, 2.05) is 42.5 Å². The lowest BCUT2D eigenvalue weighted by atomic mass is 9.68. The molecule has 4 heterocycles. The molecule has 4 aliphatic rings. The lowest BCUT2D eigenvalue weighted by Crippen LogP contribution is -2.91. The van der Waals surface area contributed by atoms with Crippen LogP contribution in [0, 0.1) is 5.92 Å². The van der Waals surface area contributed by atoms with Gasteiger partial charge in [0.2, 0.25) is 12.7 Å². The summed E-state index contributed by atoms with van der Waals surface area (Å²) in [5, 5.41) is 4.34. The molecule has 4 atom stereocenters. The number of benzene rings is 2. The van der Waals surface area contributed by atoms with Gasteiger partial charge in [0, 0.05) is 12.6 Å². The highest BCUT2D eigenvalue weighted by molar-refractivity contribution is 5.82. The van der Waals surface area contributed by atoms with Crippen molar-refractivity contribution in [1.82, 2.24) is 4.90 Å². The van der Waals surface area contributed by atoms with Crippen molar-refractivity contribution in [1.29, 1.82) is 0 Å². The zero-order valence-corrected chi connectivity index (χ0v) is 20.1. The molecule has 4 N–H and O–H groups in total. The zero-order chi connectivity index (χ0) is 24.9. The van der Waals surface area contributed by atoms with Crippen LogP contribution in [0.4, 0.5) is 13.2 Å². The molecular formula is C27H32F3N3O3+2. The van der Waals surface area contributed by atoms with Gasteiger partial charge in [0.25, 0.3) is 0 Å². The topological polar surface area (TPSA) is 72.0 Å². The fraction of sp³-hybridized carbons (Fsp3) is 0.519. The van der Waals surface area contributed by atoms with Gasteiger partial charge in [-0.1, -0.05) is 36.4 Å². The van der Waals surface area contributed by atoms with Gasteiger partial charge in [0.05, 0.1) is 31.6 Å². The van der Waals surface area contributed by atoms with Crippen molar-refractivity contribution in [2.24, 2.45) is 5.92 Å². The van der Waals surface area contributed by atoms with Crippen LogP contribution in [0.3, 0.4) is 0 Å². The molecule has 2 saturated heterocycles. The second-order valence-electron chi connectivity index (χ2n) is 10.6. The minimum absolute atomic E-state index is 0.0233. The normalized spacial score (nSPS) is 29.4. The van der Waals surface area contributed by atoms with Crippen LogP contribution in [0.5, 0.6) is 11.5 Å². The fourth-order valence-corrected chi connectivity index (χ4v) is 7.05. The average molecular weight is 504 g/mol. The zero-order valence-electron chi connectivity index (χ0n) is 20.1. The Kier molecular flexibility index (Phi) is 5.87. The highest BCUT2D eigenvalue weighted by Gasteiger charge is 2.57. The summed E-state index contributed by atoms with van der Waals surface area (Å²) in [5.74, 6) is 0.979. The van der Waals surface area contributed by atoms with E-state index >= 15 is 0 Å². The van der Waals surface area contributed by atoms with E-state index in [9.17, 15) is 18.0 Å². The predicted molar refractivity (Wildman–Crippen MR) is 124 cm³/mol. The van der Waals surface area contributed by atoms with Gasteiger partial charge in [0.1, 0.15) is 17.9 Å². The number of nitrogens with zero attached hydrogens (tertiary/aromatic N) is 1. The number of amides is 1. The molecule has 0 aromatic heterocycles. The summed E-state index contributed by atoms with van der Waals surface area (Å²) in [4.78, 5) is 15.7. The van der Waals surface area contributed by atoms with Crippen molar-refractivity contribution in [3.05, 3.63) is 59.2 Å². The van der Waals surface area contributed by atoms with Gasteiger partial charge >= 0.3 is 6.18 Å². The maximum Gasteiger partial charge on any atom is 0.391 e. The Bertz CT molecular complexity index is 1140. The number of hydrogen-bond acceptors (Lipinski definition) is 3. The first kappa shape index (κ1) is 23.6. The van der Waals surface area contributed by atoms with Crippen molar-refractivity contribution in [2.45, 2.75) is 49.4 Å². The van der Waals surface area contributed by atoms with Gasteiger partial charge in [-0.05, 0) is 36.0 Å². The first-order chi connectivity index (χ1) is 17.4. The standard InChI is InChI=1S/C27H30F3N3O3/c28-27(29,30)11-19-10-18(17-4-2-1-3-5-17)8-9-33(19)25(34)22-13-32-15-26(22)14-31-12-20-21(26)6-7-23-24(20)36-16-35-23/h1-7,18-19,22,31-32H,8-16H2/p+2/t18-,19+,22+,26+/m1/s1. The van der Waals surface area contributed by atoms with E-state index in [-0.39, 0.29) is 24.5 Å². The van der Waals surface area contributed by atoms with E-state index in [1.165, 1.54) is 0 Å². The number of piperidine rings is 1. The van der Waals surface area contributed by atoms with Gasteiger partial charge in [0.15, 0.2) is 11.5 Å². The van der Waals surface area contributed by atoms with Crippen molar-refractivity contribution in [2.75, 3.05) is 33.0 Å². The number of ether oxygens (including phenoxy) is 2. The Morgan fingerprint density at radius 1 is 1.08 bits per heavy atom. The molecule has 2 aromatic rings. The summed E-state index contributed by atoms with van der Waals surface area (Å²) in [6, 6.07) is 12.8. The highest BCUT2D eigenvalue weighted by atomic mass is 19.4. The molecule has 36 heavy (non-hydrogen) atoms. The molecule has 6 rings (SSSR count). The predicted octanol–water partition coefficient (Wildman–Crippen LogP) is 1.65. The maximum atomic E-state index is 14.1. The highest BCUT2D eigenvalue weighted by Crippen LogP contribution is 2.46. The molecule has 0 aliphatic carbocycles. The molecule has 0 radical (unpaired) electrons. The van der Waals surface area contributed by atoms with Crippen LogP contribution >= 0.6 is 0 Å². The lowest BCUT2D eigenvalue weighted by Gasteiger charge is -2.43. The Hall–Kier alpha value is -2.78. The minimum atomic E-state index is -4.33. The second kappa shape index (κ2) is 8.95. The van der Waals surface area contributed by atoms with Crippen LogP contribution in [0.15, 0.2) is 42.5 Å². The molecule has 1 spiro atoms. The molecule has 0 unspecified atom stereocenters. The van der Waals surface area contributed by atoms with E-state index in [0.717, 1.165) is 47.8 Å². The van der Waals surface area contributed by atoms with E-state index in [2.05, 4.69) is 10.6 Å². The van der Waals surface area contributed by atoms with E-state index in [4.69, 9.17) is 9.47 Å². The molecule has 2 fully saturated rings. The van der Waals surface area contributed by atoms with Crippen LogP contribution in [-0.2, 0) is 16.8 Å². The third kappa shape index (κ3) is 4.02. The van der Waals surface area contributed by atoms with Gasteiger partial charge in [-0.25, -0.2) is 0 Å². The number of quaternary nitrogens is 2. The minimum Gasteiger partial charge on any atom is -0.454 e. The summed E-state index contributed by atoms with van der Waals surface area (Å²) in [6.07, 6.45) is -4.29. The number of carbonyl (C=O) groups excluding carboxylic acids is 1. The van der Waals surface area contributed by atoms with E-state index < -0.39 is 24.1 Å². The van der Waals surface area contributed by atoms with Crippen molar-refractivity contribution >= 4 is 5.91 Å². The lowest BCUT2D eigenvalue weighted by molar-refractivity contribution is -0.691. The molecule has 4 aliphatic heterocycles. The second-order valence-corrected chi connectivity index (χ2v) is 10.6. The Labute approximate surface area is 208 Å². The number of hydrogen-bond donors (Lipinski definition) is 2. The van der Waals surface area contributed by atoms with E-state index in [0.29, 0.717) is 25.9 Å². The molecule has 6 nitrogen and oxygen atoms in total. The van der Waals surface area contributed by atoms with Crippen molar-refractivity contribution in [3.8, 4) is 11.5 Å². The number of carbonyl (C=O) groups is 1. The third-order valence-electron chi connectivity index (χ3n) is 8.65. The Balaban J connectivity index is 1.31. The molecule has 192 valence electrons. The summed E-state index contributed by atoms with van der Waals surface area (Å²) in [5.41, 5.74) is 2.76. The molecule has 9 heteroatoms. The number of fused-ring (bicyclic) bond motifs is 4. The van der Waals surface area contributed by atoms with E-state index in [1.54, 1.807) is 4.90 Å². The van der Waals surface area contributed by atoms with Crippen LogP contribution in [0.1, 0.15) is 41.9 Å². The largest absolute Gasteiger partial charge is 0.454 e. The van der Waals surface area contributed by atoms with Crippen LogP contribution in [0.25, 0.3) is 0 Å². The van der Waals surface area contributed by atoms with Crippen molar-refractivity contribution in [3.63, 3.8) is 0 Å². The Morgan fingerprint density at radius 3 is 2.69 bits per heavy atom. The number of alkyl halides is 3. The van der Waals surface area contributed by atoms with Crippen LogP contribution in [0.2, 0.25) is 0 Å². The number of likely N-dealkylation sites (tertiary alicyclic amines) is 1. The first-order valence-corrected chi connectivity index (χ1v) is 12.8.